The third-order valence-corrected chi connectivity index (χ3v) is 8.20. The Morgan fingerprint density at radius 2 is 2.00 bits per heavy atom. The van der Waals surface area contributed by atoms with Gasteiger partial charge in [-0.1, -0.05) is 41.4 Å². The molecule has 0 aliphatic carbocycles. The average Bonchev–Trinajstić information content (AvgIpc) is 3.33. The quantitative estimate of drug-likeness (QED) is 0.251. The first-order valence-corrected chi connectivity index (χ1v) is 12.9. The van der Waals surface area contributed by atoms with E-state index in [1.165, 1.54) is 4.57 Å². The number of alkyl halides is 3. The van der Waals surface area contributed by atoms with Crippen LogP contribution in [0.3, 0.4) is 0 Å². The molecule has 13 heteroatoms. The van der Waals surface area contributed by atoms with Crippen molar-refractivity contribution in [2.75, 3.05) is 12.0 Å². The number of H-pyrrole nitrogens is 1. The van der Waals surface area contributed by atoms with Gasteiger partial charge < -0.3 is 10.3 Å². The van der Waals surface area contributed by atoms with E-state index in [0.29, 0.717) is 22.0 Å². The zero-order valence-electron chi connectivity index (χ0n) is 17.6. The first-order valence-electron chi connectivity index (χ1n) is 9.80. The van der Waals surface area contributed by atoms with E-state index in [1.807, 2.05) is 4.72 Å². The van der Waals surface area contributed by atoms with Crippen LogP contribution in [0, 0.1) is 0 Å². The standard InChI is InChI=1S/C21H20Cl2F3N5O2S/c1-34(32,33,20-16(23)6-13(22)7-17(20)27)30-19(21(24,25)26)11-31-10-15(12-8-28-29-9-12)14-4-2-3-5-18(14)31/h2-10,19H,11,27H2,1H3,(H,28,29)(H2,30,32,33). The highest BCUT2D eigenvalue weighted by Gasteiger charge is 2.45. The van der Waals surface area contributed by atoms with E-state index in [1.54, 1.807) is 42.9 Å². The molecule has 0 radical (unpaired) electrons. The lowest BCUT2D eigenvalue weighted by atomic mass is 10.1. The van der Waals surface area contributed by atoms with E-state index >= 15 is 0 Å². The molecule has 0 saturated carbocycles. The second kappa shape index (κ2) is 8.28. The van der Waals surface area contributed by atoms with Crippen molar-refractivity contribution >= 4 is 49.3 Å². The highest BCUT2D eigenvalue weighted by Crippen LogP contribution is 2.41. The van der Waals surface area contributed by atoms with Crippen LogP contribution in [0.4, 0.5) is 18.9 Å². The molecule has 0 spiro atoms. The van der Waals surface area contributed by atoms with Gasteiger partial charge >= 0.3 is 6.18 Å². The van der Waals surface area contributed by atoms with Crippen LogP contribution >= 0.6 is 23.2 Å². The number of hydrogen-bond donors (Lipinski definition) is 4. The summed E-state index contributed by atoms with van der Waals surface area (Å²) in [5, 5.41) is 7.03. The minimum atomic E-state index is -5.39. The number of nitrogens with zero attached hydrogens (tertiary/aromatic N) is 2. The lowest BCUT2D eigenvalue weighted by molar-refractivity contribution is -0.154. The third-order valence-electron chi connectivity index (χ3n) is 5.31. The minimum Gasteiger partial charge on any atom is -0.397 e. The maximum Gasteiger partial charge on any atom is 0.407 e. The Bertz CT molecular complexity index is 1410. The fourth-order valence-electron chi connectivity index (χ4n) is 3.91. The molecule has 0 fully saturated rings. The van der Waals surface area contributed by atoms with Crippen LogP contribution in [0.1, 0.15) is 0 Å². The number of rotatable bonds is 6. The normalized spacial score (nSPS) is 14.7. The summed E-state index contributed by atoms with van der Waals surface area (Å²) in [6.45, 7) is -0.698. The lowest BCUT2D eigenvalue weighted by Crippen LogP contribution is -2.57. The SMILES string of the molecule is CS(=O)(O)(NC(Cn1cc(-c2cn[nH]c2)c2ccccc21)C(F)(F)F)c1c(N)cc(Cl)cc1Cl. The van der Waals surface area contributed by atoms with Crippen molar-refractivity contribution in [2.24, 2.45) is 0 Å². The topological polar surface area (TPSA) is 109 Å². The summed E-state index contributed by atoms with van der Waals surface area (Å²) >= 11 is 11.9. The highest BCUT2D eigenvalue weighted by molar-refractivity contribution is 8.13. The molecule has 2 heterocycles. The largest absolute Gasteiger partial charge is 0.407 e. The number of nitrogens with one attached hydrogen (secondary N) is 2. The fourth-order valence-corrected chi connectivity index (χ4v) is 7.09. The van der Waals surface area contributed by atoms with Crippen molar-refractivity contribution in [2.45, 2.75) is 23.7 Å². The lowest BCUT2D eigenvalue weighted by Gasteiger charge is -2.44. The van der Waals surface area contributed by atoms with Crippen LogP contribution in [0.25, 0.3) is 22.0 Å². The summed E-state index contributed by atoms with van der Waals surface area (Å²) in [5.74, 6) is 0. The van der Waals surface area contributed by atoms with Gasteiger partial charge in [-0.15, -0.1) is 9.53 Å². The number of anilines is 1. The number of nitrogens with two attached hydrogens (primary N) is 1. The smallest absolute Gasteiger partial charge is 0.397 e. The van der Waals surface area contributed by atoms with Crippen LogP contribution in [0.2, 0.25) is 10.0 Å². The van der Waals surface area contributed by atoms with E-state index in [4.69, 9.17) is 28.9 Å². The molecule has 182 valence electrons. The monoisotopic (exact) mass is 533 g/mol. The van der Waals surface area contributed by atoms with Crippen LogP contribution in [0.15, 0.2) is 59.9 Å². The predicted octanol–water partition coefficient (Wildman–Crippen LogP) is 5.34. The highest BCUT2D eigenvalue weighted by atomic mass is 35.5. The van der Waals surface area contributed by atoms with E-state index in [-0.39, 0.29) is 15.7 Å². The Hall–Kier alpha value is -2.57. The van der Waals surface area contributed by atoms with Crippen LogP contribution < -0.4 is 10.5 Å². The van der Waals surface area contributed by atoms with Gasteiger partial charge in [0.1, 0.15) is 10.9 Å². The Kier molecular flexibility index (Phi) is 5.98. The zero-order chi connectivity index (χ0) is 24.9. The number of para-hydroxylation sites is 1. The van der Waals surface area contributed by atoms with Gasteiger partial charge in [0.05, 0.1) is 16.9 Å². The second-order valence-corrected chi connectivity index (χ2v) is 12.1. The molecule has 0 aliphatic rings. The van der Waals surface area contributed by atoms with Crippen LogP contribution in [-0.4, -0.2) is 42.0 Å². The van der Waals surface area contributed by atoms with Gasteiger partial charge in [0.25, 0.3) is 0 Å². The molecule has 4 rings (SSSR count). The van der Waals surface area contributed by atoms with E-state index < -0.39 is 33.2 Å². The summed E-state index contributed by atoms with van der Waals surface area (Å²) in [5.41, 5.74) is 7.38. The molecule has 1 atom stereocenters. The van der Waals surface area contributed by atoms with E-state index in [2.05, 4.69) is 10.2 Å². The third kappa shape index (κ3) is 4.66. The van der Waals surface area contributed by atoms with E-state index in [9.17, 15) is 21.9 Å². The van der Waals surface area contributed by atoms with Gasteiger partial charge in [-0.3, -0.25) is 9.65 Å². The molecule has 0 saturated heterocycles. The zero-order valence-corrected chi connectivity index (χ0v) is 19.9. The summed E-state index contributed by atoms with van der Waals surface area (Å²) in [6.07, 6.45) is 0.574. The molecule has 4 aromatic rings. The Morgan fingerprint density at radius 1 is 1.29 bits per heavy atom. The number of benzene rings is 2. The summed E-state index contributed by atoms with van der Waals surface area (Å²) in [4.78, 5) is -0.547. The van der Waals surface area contributed by atoms with Gasteiger partial charge in [0.2, 0.25) is 0 Å². The number of fused-ring (bicyclic) bond motifs is 1. The molecule has 2 aromatic carbocycles. The second-order valence-electron chi connectivity index (χ2n) is 8.00. The van der Waals surface area contributed by atoms with Crippen molar-refractivity contribution in [3.8, 4) is 11.1 Å². The minimum absolute atomic E-state index is 0.0762. The van der Waals surface area contributed by atoms with Gasteiger partial charge in [-0.2, -0.15) is 22.5 Å². The number of halogens is 5. The van der Waals surface area contributed by atoms with Crippen molar-refractivity contribution in [3.05, 3.63) is 65.0 Å². The van der Waals surface area contributed by atoms with Crippen LogP contribution in [-0.2, 0) is 16.1 Å². The van der Waals surface area contributed by atoms with Crippen molar-refractivity contribution in [1.82, 2.24) is 19.5 Å². The molecule has 2 aromatic heterocycles. The molecule has 0 aliphatic heterocycles. The molecule has 7 nitrogen and oxygen atoms in total. The van der Waals surface area contributed by atoms with Gasteiger partial charge in [-0.05, 0) is 18.2 Å². The number of hydrogen-bond acceptors (Lipinski definition) is 3. The number of nitrogen functional groups attached to an aromatic ring is 1. The first-order chi connectivity index (χ1) is 15.7. The molecule has 1 unspecified atom stereocenters. The maximum atomic E-state index is 14.2. The molecule has 5 N–H and O–H groups in total. The molecule has 34 heavy (non-hydrogen) atoms. The Balaban J connectivity index is 1.78. The van der Waals surface area contributed by atoms with Gasteiger partial charge in [0.15, 0.2) is 0 Å². The summed E-state index contributed by atoms with van der Waals surface area (Å²) < 4.78 is 70.3. The Morgan fingerprint density at radius 3 is 2.62 bits per heavy atom. The maximum absolute atomic E-state index is 14.2. The fraction of sp³-hybridized carbons (Fsp3) is 0.190. The molecule has 0 amide bonds. The van der Waals surface area contributed by atoms with Gasteiger partial charge in [-0.25, -0.2) is 4.72 Å². The van der Waals surface area contributed by atoms with Crippen molar-refractivity contribution in [3.63, 3.8) is 0 Å². The van der Waals surface area contributed by atoms with E-state index in [0.717, 1.165) is 18.4 Å². The molecular weight excluding hydrogens is 514 g/mol. The molecular formula is C21H20Cl2F3N5O2S. The predicted molar refractivity (Wildman–Crippen MR) is 128 cm³/mol. The number of aromatic amines is 1. The first kappa shape index (κ1) is 24.6. The van der Waals surface area contributed by atoms with Crippen LogP contribution in [0.5, 0.6) is 0 Å². The summed E-state index contributed by atoms with van der Waals surface area (Å²) in [6, 6.07) is 6.77. The van der Waals surface area contributed by atoms with Gasteiger partial charge in [0, 0.05) is 52.2 Å². The molecule has 0 bridgehead atoms. The number of aromatic nitrogens is 3. The summed E-state index contributed by atoms with van der Waals surface area (Å²) in [7, 11) is -5.39. The Labute approximate surface area is 202 Å². The average molecular weight is 534 g/mol. The van der Waals surface area contributed by atoms with Crippen molar-refractivity contribution in [1.29, 1.82) is 0 Å². The van der Waals surface area contributed by atoms with Crippen molar-refractivity contribution < 1.29 is 21.9 Å².